The van der Waals surface area contributed by atoms with Crippen molar-refractivity contribution >= 4 is 45.2 Å². The Morgan fingerprint density at radius 3 is 2.72 bits per heavy atom. The largest absolute Gasteiger partial charge is 0.302 e. The van der Waals surface area contributed by atoms with Gasteiger partial charge in [0.2, 0.25) is 0 Å². The van der Waals surface area contributed by atoms with E-state index in [0.29, 0.717) is 0 Å². The van der Waals surface area contributed by atoms with Crippen molar-refractivity contribution in [1.82, 2.24) is 29.7 Å². The number of rotatable bonds is 5. The number of hydrogen-bond donors (Lipinski definition) is 0. The Kier molecular flexibility index (Phi) is 4.69. The minimum atomic E-state index is 0.734. The third-order valence-corrected chi connectivity index (χ3v) is 6.72. The van der Waals surface area contributed by atoms with Gasteiger partial charge in [-0.05, 0) is 24.9 Å². The van der Waals surface area contributed by atoms with Gasteiger partial charge in [0, 0.05) is 12.1 Å². The zero-order valence-electron chi connectivity index (χ0n) is 13.6. The summed E-state index contributed by atoms with van der Waals surface area (Å²) in [6, 6.07) is 10.1. The molecular weight excluding hydrogens is 372 g/mol. The molecule has 1 aromatic carbocycles. The predicted molar refractivity (Wildman–Crippen MR) is 102 cm³/mol. The van der Waals surface area contributed by atoms with Gasteiger partial charge >= 0.3 is 0 Å². The Hall–Kier alpha value is -1.97. The predicted octanol–water partition coefficient (Wildman–Crippen LogP) is 4.24. The van der Waals surface area contributed by atoms with Crippen LogP contribution in [-0.2, 0) is 6.54 Å². The number of aromatic nitrogens is 6. The smallest absolute Gasteiger partial charge is 0.197 e. The highest BCUT2D eigenvalue weighted by Gasteiger charge is 2.17. The molecule has 4 rings (SSSR count). The zero-order chi connectivity index (χ0) is 17.2. The van der Waals surface area contributed by atoms with E-state index >= 15 is 0 Å². The van der Waals surface area contributed by atoms with Crippen molar-refractivity contribution in [2.24, 2.45) is 0 Å². The number of hydrogen-bond acceptors (Lipinski definition) is 8. The van der Waals surface area contributed by atoms with Gasteiger partial charge in [-0.15, -0.1) is 21.5 Å². The van der Waals surface area contributed by atoms with Gasteiger partial charge in [0.05, 0.1) is 0 Å². The molecule has 126 valence electrons. The van der Waals surface area contributed by atoms with E-state index in [2.05, 4.69) is 36.6 Å². The lowest BCUT2D eigenvalue weighted by Gasteiger charge is -2.07. The van der Waals surface area contributed by atoms with Crippen LogP contribution in [0.5, 0.6) is 0 Å². The molecule has 0 radical (unpaired) electrons. The van der Waals surface area contributed by atoms with Crippen LogP contribution in [-0.4, -0.2) is 36.0 Å². The Morgan fingerprint density at radius 2 is 1.96 bits per heavy atom. The molecule has 0 aliphatic carbocycles. The summed E-state index contributed by atoms with van der Waals surface area (Å²) in [6.07, 6.45) is 3.57. The lowest BCUT2D eigenvalue weighted by molar-refractivity contribution is 0.687. The average molecular weight is 387 g/mol. The van der Waals surface area contributed by atoms with Gasteiger partial charge in [0.25, 0.3) is 0 Å². The Morgan fingerprint density at radius 1 is 1.12 bits per heavy atom. The van der Waals surface area contributed by atoms with E-state index < -0.39 is 0 Å². The van der Waals surface area contributed by atoms with Gasteiger partial charge in [0.15, 0.2) is 21.0 Å². The van der Waals surface area contributed by atoms with Crippen molar-refractivity contribution < 1.29 is 0 Å². The topological polar surface area (TPSA) is 69.4 Å². The van der Waals surface area contributed by atoms with Gasteiger partial charge < -0.3 is 4.57 Å². The molecule has 0 aliphatic heterocycles. The quantitative estimate of drug-likeness (QED) is 0.375. The maximum Gasteiger partial charge on any atom is 0.197 e. The first-order chi connectivity index (χ1) is 12.3. The number of nitrogens with zero attached hydrogens (tertiary/aromatic N) is 6. The lowest BCUT2D eigenvalue weighted by Crippen LogP contribution is -1.99. The van der Waals surface area contributed by atoms with Crippen molar-refractivity contribution in [2.75, 3.05) is 6.26 Å². The molecule has 0 saturated heterocycles. The van der Waals surface area contributed by atoms with Crippen LogP contribution >= 0.6 is 34.9 Å². The van der Waals surface area contributed by atoms with Crippen LogP contribution in [0.2, 0.25) is 0 Å². The van der Waals surface area contributed by atoms with Gasteiger partial charge in [-0.1, -0.05) is 42.1 Å². The summed E-state index contributed by atoms with van der Waals surface area (Å²) in [5.74, 6) is 0.866. The SMILES string of the molecule is CCn1c(Sc2ncnc3nc(SC)sc23)nnc1-c1ccccc1. The summed E-state index contributed by atoms with van der Waals surface area (Å²) in [7, 11) is 0. The Balaban J connectivity index is 1.75. The van der Waals surface area contributed by atoms with Crippen molar-refractivity contribution in [3.8, 4) is 11.4 Å². The van der Waals surface area contributed by atoms with Crippen LogP contribution in [0.3, 0.4) is 0 Å². The molecule has 9 heteroatoms. The molecule has 0 spiro atoms. The van der Waals surface area contributed by atoms with Crippen molar-refractivity contribution in [1.29, 1.82) is 0 Å². The number of thioether (sulfide) groups is 1. The van der Waals surface area contributed by atoms with Gasteiger partial charge in [-0.2, -0.15) is 0 Å². The molecule has 0 fully saturated rings. The molecule has 0 saturated carbocycles. The molecule has 6 nitrogen and oxygen atoms in total. The monoisotopic (exact) mass is 386 g/mol. The van der Waals surface area contributed by atoms with Crippen molar-refractivity contribution in [3.63, 3.8) is 0 Å². The highest BCUT2D eigenvalue weighted by molar-refractivity contribution is 8.00. The fourth-order valence-electron chi connectivity index (χ4n) is 2.41. The van der Waals surface area contributed by atoms with Crippen LogP contribution in [0.1, 0.15) is 6.92 Å². The number of benzene rings is 1. The maximum absolute atomic E-state index is 4.50. The summed E-state index contributed by atoms with van der Waals surface area (Å²) >= 11 is 4.73. The summed E-state index contributed by atoms with van der Waals surface area (Å²) in [5, 5.41) is 10.5. The standard InChI is InChI=1S/C16H14N6S3/c1-3-22-13(10-7-5-4-6-8-10)20-21-15(22)25-14-11-12(17-9-18-14)19-16(23-2)24-11/h4-9H,3H2,1-2H3. The fourth-order valence-corrected chi connectivity index (χ4v) is 4.92. The fraction of sp³-hybridized carbons (Fsp3) is 0.188. The van der Waals surface area contributed by atoms with E-state index in [0.717, 1.165) is 42.8 Å². The lowest BCUT2D eigenvalue weighted by atomic mass is 10.2. The summed E-state index contributed by atoms with van der Waals surface area (Å²) in [6.45, 7) is 2.88. The second-order valence-corrected chi connectivity index (χ2v) is 8.04. The molecule has 3 aromatic heterocycles. The third-order valence-electron chi connectivity index (χ3n) is 3.57. The zero-order valence-corrected chi connectivity index (χ0v) is 16.0. The van der Waals surface area contributed by atoms with E-state index in [4.69, 9.17) is 0 Å². The molecule has 0 bridgehead atoms. The number of fused-ring (bicyclic) bond motifs is 1. The maximum atomic E-state index is 4.50. The van der Waals surface area contributed by atoms with Gasteiger partial charge in [-0.25, -0.2) is 15.0 Å². The van der Waals surface area contributed by atoms with E-state index in [-0.39, 0.29) is 0 Å². The Bertz CT molecular complexity index is 1010. The molecule has 0 atom stereocenters. The van der Waals surface area contributed by atoms with Crippen LogP contribution in [0, 0.1) is 0 Å². The molecule has 25 heavy (non-hydrogen) atoms. The third kappa shape index (κ3) is 3.14. The first-order valence-corrected chi connectivity index (χ1v) is 10.5. The summed E-state index contributed by atoms with van der Waals surface area (Å²) in [5.41, 5.74) is 1.79. The highest BCUT2D eigenvalue weighted by Crippen LogP contribution is 2.36. The Labute approximate surface area is 157 Å². The molecule has 0 amide bonds. The average Bonchev–Trinajstić information content (AvgIpc) is 3.26. The highest BCUT2D eigenvalue weighted by atomic mass is 32.2. The second-order valence-electron chi connectivity index (χ2n) is 5.03. The van der Waals surface area contributed by atoms with E-state index in [9.17, 15) is 0 Å². The molecule has 3 heterocycles. The minimum absolute atomic E-state index is 0.734. The molecule has 0 N–H and O–H groups in total. The molecule has 0 aliphatic rings. The minimum Gasteiger partial charge on any atom is -0.302 e. The van der Waals surface area contributed by atoms with Gasteiger partial charge in [0.1, 0.15) is 16.1 Å². The summed E-state index contributed by atoms with van der Waals surface area (Å²) in [4.78, 5) is 13.2. The van der Waals surface area contributed by atoms with Crippen molar-refractivity contribution in [3.05, 3.63) is 36.7 Å². The van der Waals surface area contributed by atoms with Crippen LogP contribution in [0.4, 0.5) is 0 Å². The number of thiazole rings is 1. The van der Waals surface area contributed by atoms with E-state index in [1.807, 2.05) is 36.6 Å². The normalized spacial score (nSPS) is 11.3. The van der Waals surface area contributed by atoms with Crippen LogP contribution < -0.4 is 0 Å². The first kappa shape index (κ1) is 16.5. The van der Waals surface area contributed by atoms with Gasteiger partial charge in [-0.3, -0.25) is 0 Å². The molecular formula is C16H14N6S3. The van der Waals surface area contributed by atoms with Crippen molar-refractivity contribution in [2.45, 2.75) is 28.0 Å². The van der Waals surface area contributed by atoms with E-state index in [1.54, 1.807) is 29.4 Å². The van der Waals surface area contributed by atoms with Crippen LogP contribution in [0.15, 0.2) is 51.2 Å². The molecule has 0 unspecified atom stereocenters. The molecule has 4 aromatic rings. The van der Waals surface area contributed by atoms with Crippen LogP contribution in [0.25, 0.3) is 21.7 Å². The summed E-state index contributed by atoms with van der Waals surface area (Å²) < 4.78 is 4.08. The van der Waals surface area contributed by atoms with E-state index in [1.165, 1.54) is 11.8 Å². The second kappa shape index (κ2) is 7.11. The first-order valence-electron chi connectivity index (χ1n) is 7.62.